The van der Waals surface area contributed by atoms with Crippen molar-refractivity contribution in [3.63, 3.8) is 0 Å². The molecular weight excluding hydrogens is 287 g/mol. The van der Waals surface area contributed by atoms with Crippen LogP contribution >= 0.6 is 34.8 Å². The van der Waals surface area contributed by atoms with E-state index in [-0.39, 0.29) is 11.6 Å². The number of carbonyl (C=O) groups excluding carboxylic acids is 1. The summed E-state index contributed by atoms with van der Waals surface area (Å²) >= 11 is 16.7. The molecule has 1 amide bonds. The second-order valence-corrected chi connectivity index (χ2v) is 4.64. The quantitative estimate of drug-likeness (QED) is 0.611. The van der Waals surface area contributed by atoms with Crippen LogP contribution in [-0.2, 0) is 4.79 Å². The van der Waals surface area contributed by atoms with Gasteiger partial charge in [0.2, 0.25) is 0 Å². The van der Waals surface area contributed by atoms with Crippen LogP contribution in [0.25, 0.3) is 0 Å². The largest absolute Gasteiger partial charge is 0.306 e. The first-order valence-corrected chi connectivity index (χ1v) is 5.88. The minimum atomic E-state index is -1.20. The summed E-state index contributed by atoms with van der Waals surface area (Å²) in [7, 11) is 0. The molecule has 92 valence electrons. The van der Waals surface area contributed by atoms with Gasteiger partial charge in [0.25, 0.3) is 5.91 Å². The zero-order chi connectivity index (χ0) is 13.0. The van der Waals surface area contributed by atoms with Crippen molar-refractivity contribution in [1.82, 2.24) is 0 Å². The van der Waals surface area contributed by atoms with Crippen molar-refractivity contribution < 1.29 is 9.18 Å². The van der Waals surface area contributed by atoms with Gasteiger partial charge in [-0.2, -0.15) is 0 Å². The van der Waals surface area contributed by atoms with E-state index in [1.807, 2.05) is 0 Å². The Bertz CT molecular complexity index is 437. The number of rotatable bonds is 4. The molecule has 0 aliphatic rings. The summed E-state index contributed by atoms with van der Waals surface area (Å²) in [6.07, 6.45) is 1.51. The van der Waals surface area contributed by atoms with Crippen LogP contribution in [0.2, 0.25) is 5.02 Å². The number of benzene rings is 1. The highest BCUT2D eigenvalue weighted by Gasteiger charge is 2.21. The molecular formula is C11H9Cl3FNO. The number of halogens is 4. The summed E-state index contributed by atoms with van der Waals surface area (Å²) in [6.45, 7) is 3.73. The fourth-order valence-corrected chi connectivity index (χ4v) is 1.63. The number of hydrogen-bond acceptors (Lipinski definition) is 1. The highest BCUT2D eigenvalue weighted by Crippen LogP contribution is 2.24. The Kier molecular flexibility index (Phi) is 5.25. The molecule has 0 radical (unpaired) electrons. The van der Waals surface area contributed by atoms with Gasteiger partial charge in [-0.15, -0.1) is 6.58 Å². The molecule has 0 N–H and O–H groups in total. The number of hydrogen-bond donors (Lipinski definition) is 0. The maximum absolute atomic E-state index is 13.0. The first-order valence-electron chi connectivity index (χ1n) is 4.63. The number of nitrogens with zero attached hydrogens (tertiary/aromatic N) is 1. The molecule has 0 spiro atoms. The Morgan fingerprint density at radius 1 is 1.53 bits per heavy atom. The lowest BCUT2D eigenvalue weighted by Gasteiger charge is -2.22. The first-order chi connectivity index (χ1) is 7.97. The van der Waals surface area contributed by atoms with Crippen LogP contribution in [-0.4, -0.2) is 17.3 Å². The maximum Gasteiger partial charge on any atom is 0.260 e. The molecule has 0 atom stereocenters. The van der Waals surface area contributed by atoms with E-state index >= 15 is 0 Å². The van der Waals surface area contributed by atoms with E-state index in [0.29, 0.717) is 5.69 Å². The summed E-state index contributed by atoms with van der Waals surface area (Å²) in [5, 5.41) is -0.0787. The Hall–Kier alpha value is -0.770. The zero-order valence-corrected chi connectivity index (χ0v) is 10.9. The Morgan fingerprint density at radius 2 is 2.18 bits per heavy atom. The van der Waals surface area contributed by atoms with Gasteiger partial charge in [0.05, 0.1) is 5.02 Å². The van der Waals surface area contributed by atoms with Crippen molar-refractivity contribution in [1.29, 1.82) is 0 Å². The molecule has 0 aliphatic heterocycles. The standard InChI is InChI=1S/C11H9Cl3FNO/c1-2-5-16(11(17)10(13)14)7-3-4-9(15)8(12)6-7/h2-4,6,10H,1,5H2. The monoisotopic (exact) mass is 295 g/mol. The Balaban J connectivity index is 3.09. The summed E-state index contributed by atoms with van der Waals surface area (Å²) in [5.41, 5.74) is 0.410. The SMILES string of the molecule is C=CCN(C(=O)C(Cl)Cl)c1ccc(F)c(Cl)c1. The van der Waals surface area contributed by atoms with Crippen LogP contribution in [0, 0.1) is 5.82 Å². The van der Waals surface area contributed by atoms with E-state index in [4.69, 9.17) is 34.8 Å². The lowest BCUT2D eigenvalue weighted by molar-refractivity contribution is -0.116. The number of alkyl halides is 2. The third kappa shape index (κ3) is 3.60. The molecule has 2 nitrogen and oxygen atoms in total. The molecule has 1 rings (SSSR count). The van der Waals surface area contributed by atoms with Crippen LogP contribution in [0.15, 0.2) is 30.9 Å². The highest BCUT2D eigenvalue weighted by molar-refractivity contribution is 6.54. The van der Waals surface area contributed by atoms with Crippen LogP contribution in [0.5, 0.6) is 0 Å². The van der Waals surface area contributed by atoms with Gasteiger partial charge in [-0.25, -0.2) is 4.39 Å². The second kappa shape index (κ2) is 6.24. The highest BCUT2D eigenvalue weighted by atomic mass is 35.5. The summed E-state index contributed by atoms with van der Waals surface area (Å²) in [6, 6.07) is 3.91. The summed E-state index contributed by atoms with van der Waals surface area (Å²) < 4.78 is 13.0. The van der Waals surface area contributed by atoms with Gasteiger partial charge < -0.3 is 4.90 Å². The Labute approximate surface area is 114 Å². The van der Waals surface area contributed by atoms with Gasteiger partial charge in [0.1, 0.15) is 5.82 Å². The van der Waals surface area contributed by atoms with Crippen LogP contribution in [0.4, 0.5) is 10.1 Å². The van der Waals surface area contributed by atoms with E-state index in [9.17, 15) is 9.18 Å². The van der Waals surface area contributed by atoms with Crippen molar-refractivity contribution in [2.75, 3.05) is 11.4 Å². The smallest absolute Gasteiger partial charge is 0.260 e. The first kappa shape index (κ1) is 14.3. The van der Waals surface area contributed by atoms with Crippen molar-refractivity contribution >= 4 is 46.4 Å². The van der Waals surface area contributed by atoms with Crippen molar-refractivity contribution in [3.8, 4) is 0 Å². The maximum atomic E-state index is 13.0. The fraction of sp³-hybridized carbons (Fsp3) is 0.182. The van der Waals surface area contributed by atoms with E-state index < -0.39 is 16.6 Å². The van der Waals surface area contributed by atoms with E-state index in [0.717, 1.165) is 0 Å². The second-order valence-electron chi connectivity index (χ2n) is 3.14. The molecule has 0 aromatic heterocycles. The average molecular weight is 297 g/mol. The number of carbonyl (C=O) groups is 1. The van der Waals surface area contributed by atoms with Gasteiger partial charge >= 0.3 is 0 Å². The van der Waals surface area contributed by atoms with Crippen molar-refractivity contribution in [2.45, 2.75) is 4.84 Å². The molecule has 0 bridgehead atoms. The molecule has 1 aromatic rings. The minimum Gasteiger partial charge on any atom is -0.306 e. The van der Waals surface area contributed by atoms with E-state index in [1.54, 1.807) is 0 Å². The summed E-state index contributed by atoms with van der Waals surface area (Å²) in [4.78, 5) is 11.8. The van der Waals surface area contributed by atoms with Crippen LogP contribution in [0.1, 0.15) is 0 Å². The van der Waals surface area contributed by atoms with Gasteiger partial charge in [-0.1, -0.05) is 40.9 Å². The predicted octanol–water partition coefficient (Wildman–Crippen LogP) is 3.80. The molecule has 1 aromatic carbocycles. The van der Waals surface area contributed by atoms with Crippen molar-refractivity contribution in [3.05, 3.63) is 41.7 Å². The van der Waals surface area contributed by atoms with Gasteiger partial charge in [0, 0.05) is 12.2 Å². The van der Waals surface area contributed by atoms with Crippen LogP contribution < -0.4 is 4.90 Å². The third-order valence-electron chi connectivity index (χ3n) is 1.98. The molecule has 0 aliphatic carbocycles. The van der Waals surface area contributed by atoms with Crippen molar-refractivity contribution in [2.24, 2.45) is 0 Å². The molecule has 0 unspecified atom stereocenters. The summed E-state index contributed by atoms with van der Waals surface area (Å²) in [5.74, 6) is -1.08. The average Bonchev–Trinajstić information content (AvgIpc) is 2.29. The molecule has 0 saturated heterocycles. The molecule has 0 heterocycles. The third-order valence-corrected chi connectivity index (χ3v) is 2.64. The van der Waals surface area contributed by atoms with E-state index in [2.05, 4.69) is 6.58 Å². The van der Waals surface area contributed by atoms with Gasteiger partial charge in [-0.05, 0) is 18.2 Å². The minimum absolute atomic E-state index is 0.0787. The number of anilines is 1. The molecule has 6 heteroatoms. The molecule has 0 saturated carbocycles. The Morgan fingerprint density at radius 3 is 2.65 bits per heavy atom. The predicted molar refractivity (Wildman–Crippen MR) is 69.5 cm³/mol. The normalized spacial score (nSPS) is 10.4. The fourth-order valence-electron chi connectivity index (χ4n) is 1.22. The molecule has 0 fully saturated rings. The topological polar surface area (TPSA) is 20.3 Å². The zero-order valence-electron chi connectivity index (χ0n) is 8.67. The van der Waals surface area contributed by atoms with E-state index in [1.165, 1.54) is 29.2 Å². The van der Waals surface area contributed by atoms with Gasteiger partial charge in [-0.3, -0.25) is 4.79 Å². The lowest BCUT2D eigenvalue weighted by Crippen LogP contribution is -2.35. The number of amides is 1. The molecule has 17 heavy (non-hydrogen) atoms. The van der Waals surface area contributed by atoms with Gasteiger partial charge in [0.15, 0.2) is 4.84 Å². The lowest BCUT2D eigenvalue weighted by atomic mass is 10.2. The van der Waals surface area contributed by atoms with Crippen LogP contribution in [0.3, 0.4) is 0 Å².